The minimum atomic E-state index is -1.20. The molecule has 0 amide bonds. The third-order valence-corrected chi connectivity index (χ3v) is 5.38. The van der Waals surface area contributed by atoms with Gasteiger partial charge in [-0.05, 0) is 11.4 Å². The molecule has 0 bridgehead atoms. The van der Waals surface area contributed by atoms with Crippen LogP contribution in [0.5, 0.6) is 0 Å². The normalized spacial score (nSPS) is 12.7. The minimum Gasteiger partial charge on any atom is -0.258 e. The maximum absolute atomic E-state index is 12.3. The third-order valence-electron chi connectivity index (χ3n) is 3.24. The van der Waals surface area contributed by atoms with Crippen LogP contribution in [0.4, 0.5) is 0 Å². The molecule has 4 aromatic rings. The van der Waals surface area contributed by atoms with Gasteiger partial charge in [-0.15, -0.1) is 16.4 Å². The first-order valence-corrected chi connectivity index (χ1v) is 10.3. The summed E-state index contributed by atoms with van der Waals surface area (Å²) in [7, 11) is -1.20. The lowest BCUT2D eigenvalue weighted by Gasteiger charge is -2.00. The standard InChI is InChI=1S/C13H10N6O2S3/c1-24(21)7-19-13(20)18-6-14-10(11(18)16-17-19)12-15-9(5-23-12)8-2-3-22-4-8/h2-6H,7H2,1H3. The summed E-state index contributed by atoms with van der Waals surface area (Å²) in [6.45, 7) is 0. The number of thiophene rings is 1. The van der Waals surface area contributed by atoms with Crippen molar-refractivity contribution in [3.05, 3.63) is 39.0 Å². The number of imidazole rings is 1. The Morgan fingerprint density at radius 3 is 2.96 bits per heavy atom. The predicted octanol–water partition coefficient (Wildman–Crippen LogP) is 1.47. The van der Waals surface area contributed by atoms with Gasteiger partial charge in [0.1, 0.15) is 22.9 Å². The van der Waals surface area contributed by atoms with Gasteiger partial charge < -0.3 is 0 Å². The number of hydrogen-bond acceptors (Lipinski definition) is 8. The fourth-order valence-electron chi connectivity index (χ4n) is 2.17. The highest BCUT2D eigenvalue weighted by Crippen LogP contribution is 2.30. The molecular weight excluding hydrogens is 368 g/mol. The lowest BCUT2D eigenvalue weighted by atomic mass is 10.3. The number of thiazole rings is 1. The number of nitrogens with zero attached hydrogens (tertiary/aromatic N) is 6. The van der Waals surface area contributed by atoms with Crippen molar-refractivity contribution in [2.45, 2.75) is 5.88 Å². The van der Waals surface area contributed by atoms with Gasteiger partial charge in [-0.3, -0.25) is 4.21 Å². The second-order valence-electron chi connectivity index (χ2n) is 4.91. The van der Waals surface area contributed by atoms with Crippen LogP contribution in [0.2, 0.25) is 0 Å². The summed E-state index contributed by atoms with van der Waals surface area (Å²) in [5, 5.41) is 14.5. The maximum atomic E-state index is 12.3. The minimum absolute atomic E-state index is 0.00512. The average Bonchev–Trinajstić information content (AvgIpc) is 3.28. The zero-order valence-electron chi connectivity index (χ0n) is 12.3. The predicted molar refractivity (Wildman–Crippen MR) is 93.5 cm³/mol. The van der Waals surface area contributed by atoms with Crippen molar-refractivity contribution in [3.8, 4) is 22.0 Å². The molecule has 4 heterocycles. The van der Waals surface area contributed by atoms with Crippen molar-refractivity contribution in [2.75, 3.05) is 6.26 Å². The number of fused-ring (bicyclic) bond motifs is 1. The van der Waals surface area contributed by atoms with Crippen LogP contribution in [0.15, 0.2) is 33.3 Å². The molecule has 0 aliphatic heterocycles. The molecule has 0 saturated heterocycles. The fraction of sp³-hybridized carbons (Fsp3) is 0.154. The first kappa shape index (κ1) is 15.3. The van der Waals surface area contributed by atoms with Crippen LogP contribution in [-0.4, -0.2) is 39.8 Å². The largest absolute Gasteiger partial charge is 0.353 e. The molecule has 0 radical (unpaired) electrons. The first-order valence-electron chi connectivity index (χ1n) is 6.73. The molecule has 24 heavy (non-hydrogen) atoms. The van der Waals surface area contributed by atoms with Gasteiger partial charge >= 0.3 is 5.69 Å². The van der Waals surface area contributed by atoms with E-state index in [0.29, 0.717) is 16.3 Å². The van der Waals surface area contributed by atoms with Crippen molar-refractivity contribution in [2.24, 2.45) is 0 Å². The van der Waals surface area contributed by atoms with E-state index in [-0.39, 0.29) is 5.88 Å². The van der Waals surface area contributed by atoms with Crippen molar-refractivity contribution in [3.63, 3.8) is 0 Å². The Bertz CT molecular complexity index is 1090. The van der Waals surface area contributed by atoms with E-state index in [1.54, 1.807) is 11.3 Å². The molecule has 1 unspecified atom stereocenters. The smallest absolute Gasteiger partial charge is 0.258 e. The summed E-state index contributed by atoms with van der Waals surface area (Å²) < 4.78 is 13.6. The topological polar surface area (TPSA) is 95.0 Å². The van der Waals surface area contributed by atoms with E-state index >= 15 is 0 Å². The van der Waals surface area contributed by atoms with E-state index in [9.17, 15) is 9.00 Å². The summed E-state index contributed by atoms with van der Waals surface area (Å²) in [6, 6.07) is 2.00. The molecule has 122 valence electrons. The lowest BCUT2D eigenvalue weighted by molar-refractivity contribution is 0.583. The van der Waals surface area contributed by atoms with Crippen LogP contribution >= 0.6 is 22.7 Å². The van der Waals surface area contributed by atoms with Crippen LogP contribution in [0.25, 0.3) is 27.6 Å². The molecule has 8 nitrogen and oxygen atoms in total. The second kappa shape index (κ2) is 6.00. The number of rotatable bonds is 4. The van der Waals surface area contributed by atoms with E-state index in [1.165, 1.54) is 28.3 Å². The van der Waals surface area contributed by atoms with Crippen molar-refractivity contribution >= 4 is 39.1 Å². The average molecular weight is 378 g/mol. The van der Waals surface area contributed by atoms with Crippen molar-refractivity contribution < 1.29 is 4.21 Å². The van der Waals surface area contributed by atoms with Crippen molar-refractivity contribution in [1.29, 1.82) is 0 Å². The summed E-state index contributed by atoms with van der Waals surface area (Å²) in [5.41, 5.74) is 2.33. The van der Waals surface area contributed by atoms with Crippen LogP contribution in [-0.2, 0) is 16.7 Å². The molecule has 0 N–H and O–H groups in total. The van der Waals surface area contributed by atoms with Crippen LogP contribution in [0, 0.1) is 0 Å². The second-order valence-corrected chi connectivity index (χ2v) is 7.95. The molecule has 4 aromatic heterocycles. The SMILES string of the molecule is CS(=O)Cn1nnc2c(-c3nc(-c4ccsc4)cs3)ncn2c1=O. The summed E-state index contributed by atoms with van der Waals surface area (Å²) in [5.74, 6) is -0.00512. The molecule has 0 saturated carbocycles. The molecule has 1 atom stereocenters. The van der Waals surface area contributed by atoms with Gasteiger partial charge in [0.2, 0.25) is 0 Å². The Labute approximate surface area is 145 Å². The molecule has 4 rings (SSSR count). The van der Waals surface area contributed by atoms with E-state index in [2.05, 4.69) is 20.3 Å². The highest BCUT2D eigenvalue weighted by Gasteiger charge is 2.16. The Balaban J connectivity index is 1.80. The summed E-state index contributed by atoms with van der Waals surface area (Å²) in [6.07, 6.45) is 2.89. The van der Waals surface area contributed by atoms with E-state index < -0.39 is 16.5 Å². The molecule has 11 heteroatoms. The fourth-order valence-corrected chi connectivity index (χ4v) is 4.14. The molecule has 0 aliphatic carbocycles. The highest BCUT2D eigenvalue weighted by molar-refractivity contribution is 7.83. The zero-order chi connectivity index (χ0) is 16.7. The van der Waals surface area contributed by atoms with Crippen molar-refractivity contribution in [1.82, 2.24) is 29.4 Å². The Morgan fingerprint density at radius 1 is 1.33 bits per heavy atom. The molecule has 0 aliphatic rings. The monoisotopic (exact) mass is 378 g/mol. The molecule has 0 spiro atoms. The van der Waals surface area contributed by atoms with E-state index in [4.69, 9.17) is 0 Å². The van der Waals surface area contributed by atoms with Gasteiger partial charge in [-0.2, -0.15) is 16.0 Å². The maximum Gasteiger partial charge on any atom is 0.353 e. The summed E-state index contributed by atoms with van der Waals surface area (Å²) >= 11 is 3.04. The molecular formula is C13H10N6O2S3. The van der Waals surface area contributed by atoms with Crippen LogP contribution in [0.3, 0.4) is 0 Å². The Kier molecular flexibility index (Phi) is 3.82. The quantitative estimate of drug-likeness (QED) is 0.534. The molecule has 0 aromatic carbocycles. The van der Waals surface area contributed by atoms with Gasteiger partial charge in [-0.1, -0.05) is 5.21 Å². The highest BCUT2D eigenvalue weighted by atomic mass is 32.2. The zero-order valence-corrected chi connectivity index (χ0v) is 14.8. The third kappa shape index (κ3) is 2.60. The van der Waals surface area contributed by atoms with Gasteiger partial charge in [0, 0.05) is 33.4 Å². The number of hydrogen-bond donors (Lipinski definition) is 0. The van der Waals surface area contributed by atoms with Gasteiger partial charge in [-0.25, -0.2) is 19.2 Å². The van der Waals surface area contributed by atoms with Gasteiger partial charge in [0.15, 0.2) is 5.65 Å². The van der Waals surface area contributed by atoms with E-state index in [1.807, 2.05) is 22.2 Å². The first-order chi connectivity index (χ1) is 11.6. The Hall–Kier alpha value is -2.24. The Morgan fingerprint density at radius 2 is 2.21 bits per heavy atom. The van der Waals surface area contributed by atoms with Gasteiger partial charge in [0.25, 0.3) is 0 Å². The van der Waals surface area contributed by atoms with E-state index in [0.717, 1.165) is 15.9 Å². The number of aromatic nitrogens is 6. The van der Waals surface area contributed by atoms with Crippen LogP contribution < -0.4 is 5.69 Å². The lowest BCUT2D eigenvalue weighted by Crippen LogP contribution is -2.30. The molecule has 0 fully saturated rings. The van der Waals surface area contributed by atoms with Crippen LogP contribution in [0.1, 0.15) is 0 Å². The van der Waals surface area contributed by atoms with Gasteiger partial charge in [0.05, 0.1) is 5.69 Å². The summed E-state index contributed by atoms with van der Waals surface area (Å²) in [4.78, 5) is 21.2.